The number of benzene rings is 2. The van der Waals surface area contributed by atoms with Crippen LogP contribution in [-0.2, 0) is 9.59 Å². The average molecular weight is 325 g/mol. The fourth-order valence-corrected chi connectivity index (χ4v) is 1.93. The zero-order valence-electron chi connectivity index (χ0n) is 13.3. The highest BCUT2D eigenvalue weighted by Crippen LogP contribution is 2.10. The second kappa shape index (κ2) is 8.47. The monoisotopic (exact) mass is 325 g/mol. The van der Waals surface area contributed by atoms with Gasteiger partial charge in [0.1, 0.15) is 5.75 Å². The Morgan fingerprint density at radius 2 is 1.79 bits per heavy atom. The number of carbonyl (C=O) groups excluding carboxylic acids is 2. The van der Waals surface area contributed by atoms with Crippen LogP contribution in [-0.4, -0.2) is 23.1 Å². The molecule has 6 heteroatoms. The molecule has 0 fully saturated rings. The first-order chi connectivity index (χ1) is 11.5. The molecule has 0 bridgehead atoms. The van der Waals surface area contributed by atoms with Crippen LogP contribution < -0.4 is 10.7 Å². The topological polar surface area (TPSA) is 90.8 Å². The van der Waals surface area contributed by atoms with Crippen molar-refractivity contribution in [3.05, 3.63) is 59.7 Å². The average Bonchev–Trinajstić information content (AvgIpc) is 2.55. The molecule has 0 aliphatic carbocycles. The van der Waals surface area contributed by atoms with Gasteiger partial charge >= 0.3 is 0 Å². The van der Waals surface area contributed by atoms with E-state index >= 15 is 0 Å². The van der Waals surface area contributed by atoms with E-state index in [2.05, 4.69) is 15.8 Å². The number of anilines is 1. The Morgan fingerprint density at radius 1 is 1.08 bits per heavy atom. The van der Waals surface area contributed by atoms with Crippen molar-refractivity contribution in [2.24, 2.45) is 5.10 Å². The van der Waals surface area contributed by atoms with Crippen LogP contribution in [0.5, 0.6) is 5.75 Å². The highest BCUT2D eigenvalue weighted by Gasteiger charge is 2.06. The van der Waals surface area contributed by atoms with Gasteiger partial charge in [0.25, 0.3) is 0 Å². The van der Waals surface area contributed by atoms with Gasteiger partial charge < -0.3 is 10.4 Å². The molecule has 0 atom stereocenters. The number of phenols is 1. The second-order valence-corrected chi connectivity index (χ2v) is 5.30. The van der Waals surface area contributed by atoms with Gasteiger partial charge in [0.15, 0.2) is 0 Å². The lowest BCUT2D eigenvalue weighted by Gasteiger charge is -2.05. The maximum atomic E-state index is 11.8. The molecule has 2 aromatic rings. The van der Waals surface area contributed by atoms with Crippen molar-refractivity contribution in [2.75, 3.05) is 5.32 Å². The number of hydrogen-bond acceptors (Lipinski definition) is 4. The van der Waals surface area contributed by atoms with Crippen molar-refractivity contribution in [2.45, 2.75) is 19.8 Å². The van der Waals surface area contributed by atoms with Crippen LogP contribution in [0.25, 0.3) is 0 Å². The molecule has 124 valence electrons. The SMILES string of the molecule is Cc1ccc(NC(=O)CCC(=O)N/N=C/c2cccc(O)c2)cc1. The molecule has 2 amide bonds. The van der Waals surface area contributed by atoms with E-state index in [1.54, 1.807) is 18.2 Å². The molecule has 24 heavy (non-hydrogen) atoms. The van der Waals surface area contributed by atoms with Crippen molar-refractivity contribution in [1.29, 1.82) is 0 Å². The summed E-state index contributed by atoms with van der Waals surface area (Å²) in [5, 5.41) is 15.8. The van der Waals surface area contributed by atoms with E-state index < -0.39 is 0 Å². The van der Waals surface area contributed by atoms with Crippen LogP contribution >= 0.6 is 0 Å². The van der Waals surface area contributed by atoms with Gasteiger partial charge in [0, 0.05) is 18.5 Å². The Bertz CT molecular complexity index is 739. The zero-order valence-corrected chi connectivity index (χ0v) is 13.3. The number of hydrazone groups is 1. The number of hydrogen-bond donors (Lipinski definition) is 3. The molecule has 0 saturated heterocycles. The molecular formula is C18H19N3O3. The largest absolute Gasteiger partial charge is 0.508 e. The Morgan fingerprint density at radius 3 is 2.50 bits per heavy atom. The van der Waals surface area contributed by atoms with Crippen molar-refractivity contribution in [3.8, 4) is 5.75 Å². The van der Waals surface area contributed by atoms with E-state index in [0.717, 1.165) is 5.56 Å². The third-order valence-corrected chi connectivity index (χ3v) is 3.19. The molecule has 0 aliphatic heterocycles. The van der Waals surface area contributed by atoms with E-state index in [0.29, 0.717) is 11.3 Å². The molecule has 6 nitrogen and oxygen atoms in total. The first-order valence-electron chi connectivity index (χ1n) is 7.50. The number of phenolic OH excluding ortho intramolecular Hbond substituents is 1. The van der Waals surface area contributed by atoms with E-state index in [9.17, 15) is 14.7 Å². The smallest absolute Gasteiger partial charge is 0.240 e. The van der Waals surface area contributed by atoms with Crippen molar-refractivity contribution in [3.63, 3.8) is 0 Å². The summed E-state index contributed by atoms with van der Waals surface area (Å²) in [7, 11) is 0. The Kier molecular flexibility index (Phi) is 6.08. The number of amides is 2. The Hall–Kier alpha value is -3.15. The lowest BCUT2D eigenvalue weighted by Crippen LogP contribution is -2.20. The third kappa shape index (κ3) is 5.92. The summed E-state index contributed by atoms with van der Waals surface area (Å²) in [4.78, 5) is 23.4. The summed E-state index contributed by atoms with van der Waals surface area (Å²) in [6.45, 7) is 1.97. The maximum Gasteiger partial charge on any atom is 0.240 e. The first-order valence-corrected chi connectivity index (χ1v) is 7.50. The van der Waals surface area contributed by atoms with Crippen molar-refractivity contribution >= 4 is 23.7 Å². The molecule has 3 N–H and O–H groups in total. The van der Waals surface area contributed by atoms with Gasteiger partial charge in [-0.05, 0) is 36.8 Å². The normalized spacial score (nSPS) is 10.5. The molecule has 0 radical (unpaired) electrons. The van der Waals surface area contributed by atoms with Crippen LogP contribution in [0.15, 0.2) is 53.6 Å². The summed E-state index contributed by atoms with van der Waals surface area (Å²) in [5.41, 5.74) is 4.82. The second-order valence-electron chi connectivity index (χ2n) is 5.30. The number of carbonyl (C=O) groups is 2. The summed E-state index contributed by atoms with van der Waals surface area (Å²) in [6, 6.07) is 13.9. The molecular weight excluding hydrogens is 306 g/mol. The van der Waals surface area contributed by atoms with Gasteiger partial charge in [-0.1, -0.05) is 29.8 Å². The highest BCUT2D eigenvalue weighted by atomic mass is 16.3. The predicted molar refractivity (Wildman–Crippen MR) is 92.9 cm³/mol. The van der Waals surface area contributed by atoms with E-state index in [1.807, 2.05) is 31.2 Å². The lowest BCUT2D eigenvalue weighted by molar-refractivity contribution is -0.124. The molecule has 0 unspecified atom stereocenters. The number of nitrogens with one attached hydrogen (secondary N) is 2. The molecule has 0 aromatic heterocycles. The minimum atomic E-state index is -0.356. The van der Waals surface area contributed by atoms with Crippen molar-refractivity contribution in [1.82, 2.24) is 5.43 Å². The van der Waals surface area contributed by atoms with Gasteiger partial charge in [0.05, 0.1) is 6.21 Å². The minimum Gasteiger partial charge on any atom is -0.508 e. The van der Waals surface area contributed by atoms with Gasteiger partial charge in [-0.2, -0.15) is 5.10 Å². The number of rotatable bonds is 6. The summed E-state index contributed by atoms with van der Waals surface area (Å²) in [6.07, 6.45) is 1.53. The van der Waals surface area contributed by atoms with Crippen LogP contribution in [0, 0.1) is 6.92 Å². The van der Waals surface area contributed by atoms with Crippen LogP contribution in [0.4, 0.5) is 5.69 Å². The maximum absolute atomic E-state index is 11.8. The first kappa shape index (κ1) is 17.2. The van der Waals surface area contributed by atoms with Gasteiger partial charge in [-0.3, -0.25) is 9.59 Å². The number of aromatic hydroxyl groups is 1. The fraction of sp³-hybridized carbons (Fsp3) is 0.167. The molecule has 0 saturated carbocycles. The zero-order chi connectivity index (χ0) is 17.4. The van der Waals surface area contributed by atoms with Crippen molar-refractivity contribution < 1.29 is 14.7 Å². The molecule has 2 aromatic carbocycles. The predicted octanol–water partition coefficient (Wildman–Crippen LogP) is 2.57. The quantitative estimate of drug-likeness (QED) is 0.563. The van der Waals surface area contributed by atoms with Crippen LogP contribution in [0.3, 0.4) is 0 Å². The Labute approximate surface area is 140 Å². The van der Waals surface area contributed by atoms with Crippen LogP contribution in [0.1, 0.15) is 24.0 Å². The molecule has 2 rings (SSSR count). The van der Waals surface area contributed by atoms with Gasteiger partial charge in [-0.15, -0.1) is 0 Å². The molecule has 0 heterocycles. The number of nitrogens with zero attached hydrogens (tertiary/aromatic N) is 1. The minimum absolute atomic E-state index is 0.0368. The Balaban J connectivity index is 1.72. The van der Waals surface area contributed by atoms with E-state index in [4.69, 9.17) is 0 Å². The standard InChI is InChI=1S/C18H19N3O3/c1-13-5-7-15(8-6-13)20-17(23)9-10-18(24)21-19-12-14-3-2-4-16(22)11-14/h2-8,11-12,22H,9-10H2,1H3,(H,20,23)(H,21,24)/b19-12+. The summed E-state index contributed by atoms with van der Waals surface area (Å²) < 4.78 is 0. The highest BCUT2D eigenvalue weighted by molar-refractivity contribution is 5.93. The van der Waals surface area contributed by atoms with E-state index in [1.165, 1.54) is 12.3 Å². The van der Waals surface area contributed by atoms with Crippen LogP contribution in [0.2, 0.25) is 0 Å². The van der Waals surface area contributed by atoms with Gasteiger partial charge in [-0.25, -0.2) is 5.43 Å². The summed E-state index contributed by atoms with van der Waals surface area (Å²) >= 11 is 0. The summed E-state index contributed by atoms with van der Waals surface area (Å²) in [5.74, 6) is -0.463. The third-order valence-electron chi connectivity index (χ3n) is 3.19. The van der Waals surface area contributed by atoms with E-state index in [-0.39, 0.29) is 30.4 Å². The number of aryl methyl sites for hydroxylation is 1. The molecule has 0 spiro atoms. The van der Waals surface area contributed by atoms with Gasteiger partial charge in [0.2, 0.25) is 11.8 Å². The lowest BCUT2D eigenvalue weighted by atomic mass is 10.2. The fourth-order valence-electron chi connectivity index (χ4n) is 1.93. The molecule has 0 aliphatic rings.